The molecule has 2 rings (SSSR count). The quantitative estimate of drug-likeness (QED) is 0.923. The van der Waals surface area contributed by atoms with Crippen LogP contribution in [0.25, 0.3) is 0 Å². The fourth-order valence-electron chi connectivity index (χ4n) is 1.26. The zero-order chi connectivity index (χ0) is 10.5. The molecule has 0 unspecified atom stereocenters. The van der Waals surface area contributed by atoms with Crippen LogP contribution in [0.4, 0.5) is 5.69 Å². The third kappa shape index (κ3) is 3.06. The van der Waals surface area contributed by atoms with Crippen molar-refractivity contribution in [3.63, 3.8) is 0 Å². The van der Waals surface area contributed by atoms with Gasteiger partial charge in [0.15, 0.2) is 0 Å². The molecule has 78 valence electrons. The molecule has 0 atom stereocenters. The number of rotatable bonds is 4. The molecule has 4 nitrogen and oxygen atoms in total. The summed E-state index contributed by atoms with van der Waals surface area (Å²) in [6.07, 6.45) is 3.25. The Kier molecular flexibility index (Phi) is 3.34. The summed E-state index contributed by atoms with van der Waals surface area (Å²) in [5.41, 5.74) is 1.10. The first-order chi connectivity index (χ1) is 7.34. The largest absolute Gasteiger partial charge is 0.383 e. The molecular weight excluding hydrogens is 256 g/mol. The van der Waals surface area contributed by atoms with Gasteiger partial charge >= 0.3 is 0 Å². The van der Waals surface area contributed by atoms with E-state index in [9.17, 15) is 0 Å². The summed E-state index contributed by atoms with van der Waals surface area (Å²) >= 11 is 3.43. The Morgan fingerprint density at radius 1 is 1.40 bits per heavy atom. The van der Waals surface area contributed by atoms with Gasteiger partial charge in [-0.1, -0.05) is 22.0 Å². The molecule has 15 heavy (non-hydrogen) atoms. The van der Waals surface area contributed by atoms with Crippen molar-refractivity contribution in [2.24, 2.45) is 0 Å². The van der Waals surface area contributed by atoms with Crippen molar-refractivity contribution in [1.82, 2.24) is 14.8 Å². The maximum absolute atomic E-state index is 4.02. The number of hydrogen-bond acceptors (Lipinski definition) is 3. The van der Waals surface area contributed by atoms with Crippen LogP contribution in [0.15, 0.2) is 41.4 Å². The van der Waals surface area contributed by atoms with Crippen molar-refractivity contribution < 1.29 is 0 Å². The first-order valence-corrected chi connectivity index (χ1v) is 5.46. The number of benzene rings is 1. The predicted molar refractivity (Wildman–Crippen MR) is 62.7 cm³/mol. The van der Waals surface area contributed by atoms with E-state index < -0.39 is 0 Å². The summed E-state index contributed by atoms with van der Waals surface area (Å²) in [5.74, 6) is 0. The zero-order valence-electron chi connectivity index (χ0n) is 8.10. The van der Waals surface area contributed by atoms with Gasteiger partial charge in [-0.15, -0.1) is 0 Å². The topological polar surface area (TPSA) is 42.7 Å². The molecule has 0 aliphatic carbocycles. The summed E-state index contributed by atoms with van der Waals surface area (Å²) in [6.45, 7) is 1.65. The molecule has 2 aromatic rings. The van der Waals surface area contributed by atoms with E-state index in [1.807, 2.05) is 24.3 Å². The minimum Gasteiger partial charge on any atom is -0.383 e. The molecule has 0 saturated carbocycles. The van der Waals surface area contributed by atoms with Gasteiger partial charge in [0, 0.05) is 16.7 Å². The van der Waals surface area contributed by atoms with Crippen molar-refractivity contribution in [1.29, 1.82) is 0 Å². The number of nitrogens with zero attached hydrogens (tertiary/aromatic N) is 3. The van der Waals surface area contributed by atoms with Crippen LogP contribution in [-0.2, 0) is 6.54 Å². The number of halogens is 1. The predicted octanol–water partition coefficient (Wildman–Crippen LogP) is 2.15. The van der Waals surface area contributed by atoms with Gasteiger partial charge in [-0.2, -0.15) is 5.10 Å². The first kappa shape index (κ1) is 10.2. The maximum Gasteiger partial charge on any atom is 0.137 e. The average Bonchev–Trinajstić information content (AvgIpc) is 2.71. The Labute approximate surface area is 96.5 Å². The van der Waals surface area contributed by atoms with E-state index >= 15 is 0 Å². The van der Waals surface area contributed by atoms with Gasteiger partial charge in [-0.25, -0.2) is 4.98 Å². The molecule has 0 aliphatic rings. The molecule has 1 N–H and O–H groups in total. The van der Waals surface area contributed by atoms with Crippen molar-refractivity contribution in [3.05, 3.63) is 41.4 Å². The number of aromatic nitrogens is 3. The summed E-state index contributed by atoms with van der Waals surface area (Å²) in [6, 6.07) is 8.08. The molecule has 1 aromatic carbocycles. The molecule has 1 heterocycles. The van der Waals surface area contributed by atoms with Gasteiger partial charge in [0.25, 0.3) is 0 Å². The van der Waals surface area contributed by atoms with Crippen LogP contribution in [0.5, 0.6) is 0 Å². The Hall–Kier alpha value is -1.36. The Bertz CT molecular complexity index is 413. The Morgan fingerprint density at radius 3 is 3.07 bits per heavy atom. The van der Waals surface area contributed by atoms with Crippen molar-refractivity contribution >= 4 is 21.6 Å². The molecule has 0 spiro atoms. The van der Waals surface area contributed by atoms with Gasteiger partial charge in [0.05, 0.1) is 6.54 Å². The molecule has 0 bridgehead atoms. The standard InChI is InChI=1S/C10H11BrN4/c11-9-2-1-3-10(6-9)13-4-5-15-8-12-7-14-15/h1-3,6-8,13H,4-5H2. The summed E-state index contributed by atoms with van der Waals surface area (Å²) < 4.78 is 2.87. The van der Waals surface area contributed by atoms with Crippen LogP contribution in [-0.4, -0.2) is 21.3 Å². The van der Waals surface area contributed by atoms with Crippen LogP contribution in [0.2, 0.25) is 0 Å². The lowest BCUT2D eigenvalue weighted by atomic mass is 10.3. The second kappa shape index (κ2) is 4.93. The molecule has 0 saturated heterocycles. The summed E-state index contributed by atoms with van der Waals surface area (Å²) in [4.78, 5) is 3.88. The highest BCUT2D eigenvalue weighted by Crippen LogP contribution is 2.15. The fraction of sp³-hybridized carbons (Fsp3) is 0.200. The number of hydrogen-bond donors (Lipinski definition) is 1. The van der Waals surface area contributed by atoms with E-state index in [0.29, 0.717) is 0 Å². The SMILES string of the molecule is Brc1cccc(NCCn2cncn2)c1. The van der Waals surface area contributed by atoms with E-state index in [-0.39, 0.29) is 0 Å². The van der Waals surface area contributed by atoms with Gasteiger partial charge in [0.2, 0.25) is 0 Å². The van der Waals surface area contributed by atoms with Gasteiger partial charge in [-0.05, 0) is 18.2 Å². The van der Waals surface area contributed by atoms with Crippen LogP contribution >= 0.6 is 15.9 Å². The van der Waals surface area contributed by atoms with Gasteiger partial charge in [-0.3, -0.25) is 4.68 Å². The van der Waals surface area contributed by atoms with E-state index in [2.05, 4.69) is 31.3 Å². The summed E-state index contributed by atoms with van der Waals surface area (Å²) in [7, 11) is 0. The van der Waals surface area contributed by atoms with Crippen molar-refractivity contribution in [2.75, 3.05) is 11.9 Å². The van der Waals surface area contributed by atoms with E-state index in [4.69, 9.17) is 0 Å². The third-order valence-electron chi connectivity index (χ3n) is 1.96. The lowest BCUT2D eigenvalue weighted by Crippen LogP contribution is -2.10. The van der Waals surface area contributed by atoms with Gasteiger partial charge < -0.3 is 5.32 Å². The van der Waals surface area contributed by atoms with E-state index in [0.717, 1.165) is 23.2 Å². The second-order valence-electron chi connectivity index (χ2n) is 3.10. The highest BCUT2D eigenvalue weighted by atomic mass is 79.9. The smallest absolute Gasteiger partial charge is 0.137 e. The molecule has 0 fully saturated rings. The number of nitrogens with one attached hydrogen (secondary N) is 1. The maximum atomic E-state index is 4.02. The van der Waals surface area contributed by atoms with Crippen LogP contribution in [0.3, 0.4) is 0 Å². The Morgan fingerprint density at radius 2 is 2.33 bits per heavy atom. The van der Waals surface area contributed by atoms with Crippen LogP contribution in [0.1, 0.15) is 0 Å². The Balaban J connectivity index is 1.83. The highest BCUT2D eigenvalue weighted by molar-refractivity contribution is 9.10. The first-order valence-electron chi connectivity index (χ1n) is 4.66. The normalized spacial score (nSPS) is 10.2. The van der Waals surface area contributed by atoms with Crippen molar-refractivity contribution in [2.45, 2.75) is 6.54 Å². The lowest BCUT2D eigenvalue weighted by Gasteiger charge is -2.06. The highest BCUT2D eigenvalue weighted by Gasteiger charge is 1.93. The van der Waals surface area contributed by atoms with Gasteiger partial charge in [0.1, 0.15) is 12.7 Å². The molecule has 5 heteroatoms. The average molecular weight is 267 g/mol. The second-order valence-corrected chi connectivity index (χ2v) is 4.01. The lowest BCUT2D eigenvalue weighted by molar-refractivity contribution is 0.636. The van der Waals surface area contributed by atoms with Crippen molar-refractivity contribution in [3.8, 4) is 0 Å². The molecule has 0 radical (unpaired) electrons. The zero-order valence-corrected chi connectivity index (χ0v) is 9.68. The molecule has 0 amide bonds. The minimum atomic E-state index is 0.812. The molecule has 1 aromatic heterocycles. The molecular formula is C10H11BrN4. The third-order valence-corrected chi connectivity index (χ3v) is 2.45. The molecule has 0 aliphatic heterocycles. The van der Waals surface area contributed by atoms with Crippen LogP contribution < -0.4 is 5.32 Å². The van der Waals surface area contributed by atoms with E-state index in [1.165, 1.54) is 0 Å². The van der Waals surface area contributed by atoms with E-state index in [1.54, 1.807) is 17.3 Å². The van der Waals surface area contributed by atoms with Crippen LogP contribution in [0, 0.1) is 0 Å². The monoisotopic (exact) mass is 266 g/mol. The fourth-order valence-corrected chi connectivity index (χ4v) is 1.66. The summed E-state index contributed by atoms with van der Waals surface area (Å²) in [5, 5.41) is 7.33. The number of anilines is 1. The minimum absolute atomic E-state index is 0.812.